The molecule has 0 spiro atoms. The SMILES string of the molecule is Cn1ccc(CCNC(=O)c2cccc(C#CCO)c2)n1. The number of aliphatic hydroxyl groups excluding tert-OH is 1. The van der Waals surface area contributed by atoms with Crippen LogP contribution in [0.3, 0.4) is 0 Å². The van der Waals surface area contributed by atoms with E-state index in [0.29, 0.717) is 24.1 Å². The van der Waals surface area contributed by atoms with E-state index in [1.165, 1.54) is 0 Å². The van der Waals surface area contributed by atoms with Crippen molar-refractivity contribution in [2.45, 2.75) is 6.42 Å². The van der Waals surface area contributed by atoms with E-state index in [2.05, 4.69) is 22.3 Å². The third-order valence-corrected chi connectivity index (χ3v) is 2.87. The molecule has 1 aromatic carbocycles. The van der Waals surface area contributed by atoms with Crippen LogP contribution in [0.15, 0.2) is 36.5 Å². The lowest BCUT2D eigenvalue weighted by atomic mass is 10.1. The molecule has 21 heavy (non-hydrogen) atoms. The van der Waals surface area contributed by atoms with E-state index in [-0.39, 0.29) is 12.5 Å². The molecule has 2 N–H and O–H groups in total. The van der Waals surface area contributed by atoms with Gasteiger partial charge in [-0.15, -0.1) is 0 Å². The third-order valence-electron chi connectivity index (χ3n) is 2.87. The second-order valence-electron chi connectivity index (χ2n) is 4.53. The monoisotopic (exact) mass is 283 g/mol. The van der Waals surface area contributed by atoms with Crippen molar-refractivity contribution in [3.05, 3.63) is 53.3 Å². The van der Waals surface area contributed by atoms with E-state index in [1.54, 1.807) is 28.9 Å². The first-order valence-corrected chi connectivity index (χ1v) is 6.65. The number of rotatable bonds is 4. The molecule has 2 aromatic rings. The molecule has 0 fully saturated rings. The Labute approximate surface area is 123 Å². The largest absolute Gasteiger partial charge is 0.384 e. The van der Waals surface area contributed by atoms with Crippen LogP contribution in [-0.4, -0.2) is 33.9 Å². The summed E-state index contributed by atoms with van der Waals surface area (Å²) in [5.74, 6) is 5.20. The van der Waals surface area contributed by atoms with Crippen LogP contribution < -0.4 is 5.32 Å². The number of hydrogen-bond donors (Lipinski definition) is 2. The summed E-state index contributed by atoms with van der Waals surface area (Å²) in [5.41, 5.74) is 2.21. The van der Waals surface area contributed by atoms with Gasteiger partial charge in [0.2, 0.25) is 0 Å². The first-order chi connectivity index (χ1) is 10.2. The topological polar surface area (TPSA) is 67.2 Å². The maximum atomic E-state index is 12.0. The Morgan fingerprint density at radius 1 is 1.43 bits per heavy atom. The van der Waals surface area contributed by atoms with Crippen LogP contribution >= 0.6 is 0 Å². The maximum Gasteiger partial charge on any atom is 0.251 e. The molecule has 0 saturated heterocycles. The van der Waals surface area contributed by atoms with Crippen molar-refractivity contribution >= 4 is 5.91 Å². The van der Waals surface area contributed by atoms with Gasteiger partial charge in [-0.3, -0.25) is 9.48 Å². The molecule has 1 aromatic heterocycles. The lowest BCUT2D eigenvalue weighted by molar-refractivity contribution is 0.0954. The molecule has 108 valence electrons. The molecular formula is C16H17N3O2. The number of benzene rings is 1. The Morgan fingerprint density at radius 2 is 2.29 bits per heavy atom. The molecule has 0 radical (unpaired) electrons. The molecule has 0 unspecified atom stereocenters. The Kier molecular flexibility index (Phi) is 5.13. The lowest BCUT2D eigenvalue weighted by Gasteiger charge is -2.04. The first-order valence-electron chi connectivity index (χ1n) is 6.65. The minimum Gasteiger partial charge on any atom is -0.384 e. The van der Waals surface area contributed by atoms with E-state index in [9.17, 15) is 4.79 Å². The van der Waals surface area contributed by atoms with Crippen LogP contribution in [0.2, 0.25) is 0 Å². The number of nitrogens with zero attached hydrogens (tertiary/aromatic N) is 2. The van der Waals surface area contributed by atoms with E-state index in [1.807, 2.05) is 19.3 Å². The molecule has 0 atom stereocenters. The predicted octanol–water partition coefficient (Wildman–Crippen LogP) is 0.736. The van der Waals surface area contributed by atoms with Gasteiger partial charge < -0.3 is 10.4 Å². The molecule has 1 amide bonds. The van der Waals surface area contributed by atoms with Crippen LogP contribution in [0.4, 0.5) is 0 Å². The fraction of sp³-hybridized carbons (Fsp3) is 0.250. The molecule has 0 aliphatic rings. The molecular weight excluding hydrogens is 266 g/mol. The van der Waals surface area contributed by atoms with Gasteiger partial charge in [0.25, 0.3) is 5.91 Å². The van der Waals surface area contributed by atoms with Gasteiger partial charge in [-0.2, -0.15) is 5.10 Å². The number of nitrogens with one attached hydrogen (secondary N) is 1. The minimum atomic E-state index is -0.194. The average molecular weight is 283 g/mol. The standard InChI is InChI=1S/C16H17N3O2/c1-19-10-8-15(18-19)7-9-17-16(21)14-6-2-4-13(12-14)5-3-11-20/h2,4,6,8,10,12,20H,7,9,11H2,1H3,(H,17,21). The molecule has 1 heterocycles. The van der Waals surface area contributed by atoms with Gasteiger partial charge in [0.15, 0.2) is 0 Å². The number of amides is 1. The van der Waals surface area contributed by atoms with Gasteiger partial charge in [-0.1, -0.05) is 17.9 Å². The number of hydrogen-bond acceptors (Lipinski definition) is 3. The number of carbonyl (C=O) groups is 1. The van der Waals surface area contributed by atoms with Crippen molar-refractivity contribution in [1.82, 2.24) is 15.1 Å². The summed E-state index contributed by atoms with van der Waals surface area (Å²) in [6.45, 7) is 0.336. The molecule has 5 heteroatoms. The van der Waals surface area contributed by atoms with Gasteiger partial charge in [-0.05, 0) is 24.3 Å². The quantitative estimate of drug-likeness (QED) is 0.813. The highest BCUT2D eigenvalue weighted by atomic mass is 16.2. The smallest absolute Gasteiger partial charge is 0.251 e. The fourth-order valence-electron chi connectivity index (χ4n) is 1.88. The number of aliphatic hydroxyl groups is 1. The summed E-state index contributed by atoms with van der Waals surface area (Å²) >= 11 is 0. The van der Waals surface area contributed by atoms with Crippen LogP contribution in [0.1, 0.15) is 21.6 Å². The van der Waals surface area contributed by atoms with Crippen LogP contribution in [0.5, 0.6) is 0 Å². The number of aryl methyl sites for hydroxylation is 1. The Bertz CT molecular complexity index is 680. The van der Waals surface area contributed by atoms with E-state index in [0.717, 1.165) is 5.69 Å². The van der Waals surface area contributed by atoms with E-state index in [4.69, 9.17) is 5.11 Å². The second kappa shape index (κ2) is 7.27. The molecule has 0 saturated carbocycles. The van der Waals surface area contributed by atoms with Crippen LogP contribution in [-0.2, 0) is 13.5 Å². The zero-order valence-corrected chi connectivity index (χ0v) is 11.8. The number of aromatic nitrogens is 2. The highest BCUT2D eigenvalue weighted by Crippen LogP contribution is 2.04. The normalized spacial score (nSPS) is 9.81. The molecule has 0 bridgehead atoms. The van der Waals surface area contributed by atoms with E-state index >= 15 is 0 Å². The fourth-order valence-corrected chi connectivity index (χ4v) is 1.88. The predicted molar refractivity (Wildman–Crippen MR) is 79.7 cm³/mol. The van der Waals surface area contributed by atoms with Gasteiger partial charge in [0, 0.05) is 37.3 Å². The van der Waals surface area contributed by atoms with E-state index < -0.39 is 0 Å². The highest BCUT2D eigenvalue weighted by molar-refractivity contribution is 5.94. The summed E-state index contributed by atoms with van der Waals surface area (Å²) in [6, 6.07) is 8.94. The van der Waals surface area contributed by atoms with Crippen molar-refractivity contribution < 1.29 is 9.90 Å². The summed E-state index contributed by atoms with van der Waals surface area (Å²) < 4.78 is 1.74. The second-order valence-corrected chi connectivity index (χ2v) is 4.53. The lowest BCUT2D eigenvalue weighted by Crippen LogP contribution is -2.25. The van der Waals surface area contributed by atoms with Crippen LogP contribution in [0, 0.1) is 11.8 Å². The van der Waals surface area contributed by atoms with Crippen molar-refractivity contribution in [3.8, 4) is 11.8 Å². The zero-order chi connectivity index (χ0) is 15.1. The minimum absolute atomic E-state index is 0.140. The van der Waals surface area contributed by atoms with Crippen LogP contribution in [0.25, 0.3) is 0 Å². The summed E-state index contributed by atoms with van der Waals surface area (Å²) in [5, 5.41) is 15.8. The van der Waals surface area contributed by atoms with Crippen molar-refractivity contribution in [3.63, 3.8) is 0 Å². The van der Waals surface area contributed by atoms with Gasteiger partial charge in [-0.25, -0.2) is 0 Å². The van der Waals surface area contributed by atoms with Gasteiger partial charge in [0.1, 0.15) is 6.61 Å². The molecule has 0 aliphatic heterocycles. The van der Waals surface area contributed by atoms with Gasteiger partial charge >= 0.3 is 0 Å². The Morgan fingerprint density at radius 3 is 3.00 bits per heavy atom. The molecule has 0 aliphatic carbocycles. The molecule has 5 nitrogen and oxygen atoms in total. The Hall–Kier alpha value is -2.58. The summed E-state index contributed by atoms with van der Waals surface area (Å²) in [4.78, 5) is 12.0. The maximum absolute atomic E-state index is 12.0. The van der Waals surface area contributed by atoms with Crippen molar-refractivity contribution in [2.24, 2.45) is 7.05 Å². The summed E-state index contributed by atoms with van der Waals surface area (Å²) in [7, 11) is 1.86. The highest BCUT2D eigenvalue weighted by Gasteiger charge is 2.05. The number of carbonyl (C=O) groups excluding carboxylic acids is 1. The average Bonchev–Trinajstić information content (AvgIpc) is 2.91. The van der Waals surface area contributed by atoms with Crippen molar-refractivity contribution in [1.29, 1.82) is 0 Å². The molecule has 2 rings (SSSR count). The zero-order valence-electron chi connectivity index (χ0n) is 11.8. The van der Waals surface area contributed by atoms with Crippen molar-refractivity contribution in [2.75, 3.05) is 13.2 Å². The summed E-state index contributed by atoms with van der Waals surface area (Å²) in [6.07, 6.45) is 2.57. The first kappa shape index (κ1) is 14.8. The third kappa shape index (κ3) is 4.48. The Balaban J connectivity index is 1.91. The van der Waals surface area contributed by atoms with Gasteiger partial charge in [0.05, 0.1) is 5.69 Å².